The zero-order valence-electron chi connectivity index (χ0n) is 8.33. The molecule has 0 bridgehead atoms. The van der Waals surface area contributed by atoms with Gasteiger partial charge in [-0.05, 0) is 36.7 Å². The normalized spacial score (nSPS) is 9.27. The molecule has 5 heteroatoms. The largest absolute Gasteiger partial charge is 0.465 e. The van der Waals surface area contributed by atoms with Crippen molar-refractivity contribution in [3.63, 3.8) is 0 Å². The molecular weight excluding hydrogens is 221 g/mol. The first-order valence-electron chi connectivity index (χ1n) is 4.26. The van der Waals surface area contributed by atoms with Crippen molar-refractivity contribution >= 4 is 18.4 Å². The van der Waals surface area contributed by atoms with Crippen LogP contribution in [0.15, 0.2) is 18.2 Å². The summed E-state index contributed by atoms with van der Waals surface area (Å²) in [5.74, 6) is -0.838. The van der Waals surface area contributed by atoms with Gasteiger partial charge in [-0.25, -0.2) is 9.18 Å². The minimum Gasteiger partial charge on any atom is -0.465 e. The van der Waals surface area contributed by atoms with Crippen molar-refractivity contribution in [2.45, 2.75) is 6.42 Å². The van der Waals surface area contributed by atoms with E-state index in [0.29, 0.717) is 24.1 Å². The van der Waals surface area contributed by atoms with Gasteiger partial charge in [0.05, 0.1) is 12.7 Å². The standard InChI is InChI=1S/C10H12FNO2.ClH/c1-14-10(13)9-3-2-8(11)6-7(9)4-5-12;/h2-3,6H,4-5,12H2,1H3;1H. The maximum absolute atomic E-state index is 12.8. The van der Waals surface area contributed by atoms with E-state index in [9.17, 15) is 9.18 Å². The number of carbonyl (C=O) groups excluding carboxylic acids is 1. The van der Waals surface area contributed by atoms with Crippen molar-refractivity contribution in [2.75, 3.05) is 13.7 Å². The average Bonchev–Trinajstić information content (AvgIpc) is 2.17. The molecule has 0 saturated heterocycles. The van der Waals surface area contributed by atoms with E-state index in [4.69, 9.17) is 5.73 Å². The Morgan fingerprint density at radius 2 is 2.20 bits per heavy atom. The number of esters is 1. The smallest absolute Gasteiger partial charge is 0.338 e. The molecule has 0 amide bonds. The third kappa shape index (κ3) is 3.49. The summed E-state index contributed by atoms with van der Waals surface area (Å²) >= 11 is 0. The van der Waals surface area contributed by atoms with Crippen molar-refractivity contribution in [3.05, 3.63) is 35.1 Å². The molecule has 0 aliphatic heterocycles. The Balaban J connectivity index is 0.00000196. The van der Waals surface area contributed by atoms with Crippen LogP contribution in [0, 0.1) is 5.82 Å². The van der Waals surface area contributed by atoms with Gasteiger partial charge in [-0.15, -0.1) is 12.4 Å². The van der Waals surface area contributed by atoms with Gasteiger partial charge >= 0.3 is 5.97 Å². The fourth-order valence-corrected chi connectivity index (χ4v) is 1.23. The molecule has 2 N–H and O–H groups in total. The molecule has 1 aromatic rings. The van der Waals surface area contributed by atoms with Gasteiger partial charge in [0.15, 0.2) is 0 Å². The highest BCUT2D eigenvalue weighted by Crippen LogP contribution is 2.12. The summed E-state index contributed by atoms with van der Waals surface area (Å²) in [5.41, 5.74) is 6.30. The number of nitrogens with two attached hydrogens (primary N) is 1. The van der Waals surface area contributed by atoms with Gasteiger partial charge < -0.3 is 10.5 Å². The van der Waals surface area contributed by atoms with Crippen molar-refractivity contribution in [1.29, 1.82) is 0 Å². The van der Waals surface area contributed by atoms with Gasteiger partial charge in [0.2, 0.25) is 0 Å². The van der Waals surface area contributed by atoms with Gasteiger partial charge in [-0.2, -0.15) is 0 Å². The summed E-state index contributed by atoms with van der Waals surface area (Å²) in [6.07, 6.45) is 0.461. The topological polar surface area (TPSA) is 52.3 Å². The molecule has 0 saturated carbocycles. The highest BCUT2D eigenvalue weighted by atomic mass is 35.5. The highest BCUT2D eigenvalue weighted by Gasteiger charge is 2.11. The van der Waals surface area contributed by atoms with Crippen LogP contribution < -0.4 is 5.73 Å². The maximum Gasteiger partial charge on any atom is 0.338 e. The van der Waals surface area contributed by atoms with E-state index in [1.54, 1.807) is 0 Å². The third-order valence-electron chi connectivity index (χ3n) is 1.89. The molecule has 0 radical (unpaired) electrons. The van der Waals surface area contributed by atoms with E-state index in [1.165, 1.54) is 25.3 Å². The van der Waals surface area contributed by atoms with E-state index >= 15 is 0 Å². The van der Waals surface area contributed by atoms with Crippen LogP contribution in [0.25, 0.3) is 0 Å². The van der Waals surface area contributed by atoms with Crippen LogP contribution in [-0.4, -0.2) is 19.6 Å². The van der Waals surface area contributed by atoms with Crippen LogP contribution >= 0.6 is 12.4 Å². The second kappa shape index (κ2) is 6.37. The van der Waals surface area contributed by atoms with Crippen LogP contribution in [0.4, 0.5) is 4.39 Å². The van der Waals surface area contributed by atoms with Crippen LogP contribution in [0.2, 0.25) is 0 Å². The molecular formula is C10H13ClFNO2. The van der Waals surface area contributed by atoms with E-state index in [1.807, 2.05) is 0 Å². The number of methoxy groups -OCH3 is 1. The number of halogens is 2. The third-order valence-corrected chi connectivity index (χ3v) is 1.89. The molecule has 0 atom stereocenters. The minimum absolute atomic E-state index is 0. The second-order valence-electron chi connectivity index (χ2n) is 2.83. The fraction of sp³-hybridized carbons (Fsp3) is 0.300. The van der Waals surface area contributed by atoms with Crippen molar-refractivity contribution in [2.24, 2.45) is 5.73 Å². The summed E-state index contributed by atoms with van der Waals surface area (Å²) < 4.78 is 17.4. The molecule has 1 rings (SSSR count). The van der Waals surface area contributed by atoms with E-state index in [2.05, 4.69) is 4.74 Å². The molecule has 84 valence electrons. The molecule has 0 heterocycles. The zero-order valence-corrected chi connectivity index (χ0v) is 9.14. The Morgan fingerprint density at radius 1 is 1.53 bits per heavy atom. The summed E-state index contributed by atoms with van der Waals surface area (Å²) in [5, 5.41) is 0. The first-order valence-corrected chi connectivity index (χ1v) is 4.26. The predicted octanol–water partition coefficient (Wildman–Crippen LogP) is 1.54. The molecule has 0 aliphatic carbocycles. The van der Waals surface area contributed by atoms with Gasteiger partial charge in [-0.3, -0.25) is 0 Å². The van der Waals surface area contributed by atoms with Crippen LogP contribution in [-0.2, 0) is 11.2 Å². The number of ether oxygens (including phenoxy) is 1. The number of hydrogen-bond acceptors (Lipinski definition) is 3. The lowest BCUT2D eigenvalue weighted by Gasteiger charge is -2.06. The van der Waals surface area contributed by atoms with Gasteiger partial charge in [0.1, 0.15) is 5.82 Å². The minimum atomic E-state index is -0.464. The summed E-state index contributed by atoms with van der Waals surface area (Å²) in [7, 11) is 1.29. The van der Waals surface area contributed by atoms with Gasteiger partial charge in [0.25, 0.3) is 0 Å². The molecule has 1 aromatic carbocycles. The molecule has 0 aromatic heterocycles. The fourth-order valence-electron chi connectivity index (χ4n) is 1.23. The Morgan fingerprint density at radius 3 is 2.73 bits per heavy atom. The quantitative estimate of drug-likeness (QED) is 0.806. The Kier molecular flexibility index (Phi) is 5.89. The molecule has 15 heavy (non-hydrogen) atoms. The predicted molar refractivity (Wildman–Crippen MR) is 57.7 cm³/mol. The van der Waals surface area contributed by atoms with Crippen molar-refractivity contribution < 1.29 is 13.9 Å². The summed E-state index contributed by atoms with van der Waals surface area (Å²) in [6, 6.07) is 3.94. The molecule has 3 nitrogen and oxygen atoms in total. The lowest BCUT2D eigenvalue weighted by Crippen LogP contribution is -2.10. The monoisotopic (exact) mass is 233 g/mol. The summed E-state index contributed by atoms with van der Waals surface area (Å²) in [4.78, 5) is 11.2. The first kappa shape index (κ1) is 13.9. The number of carbonyl (C=O) groups is 1. The van der Waals surface area contributed by atoms with Crippen LogP contribution in [0.5, 0.6) is 0 Å². The van der Waals surface area contributed by atoms with Crippen LogP contribution in [0.1, 0.15) is 15.9 Å². The number of hydrogen-bond donors (Lipinski definition) is 1. The average molecular weight is 234 g/mol. The van der Waals surface area contributed by atoms with E-state index < -0.39 is 5.97 Å². The van der Waals surface area contributed by atoms with Crippen molar-refractivity contribution in [1.82, 2.24) is 0 Å². The Hall–Kier alpha value is -1.13. The molecule has 0 spiro atoms. The van der Waals surface area contributed by atoms with E-state index in [0.717, 1.165) is 0 Å². The second-order valence-corrected chi connectivity index (χ2v) is 2.83. The van der Waals surface area contributed by atoms with Gasteiger partial charge in [0, 0.05) is 0 Å². The Bertz CT molecular complexity index is 344. The maximum atomic E-state index is 12.8. The van der Waals surface area contributed by atoms with Gasteiger partial charge in [-0.1, -0.05) is 0 Å². The Labute approximate surface area is 93.8 Å². The first-order chi connectivity index (χ1) is 6.69. The zero-order chi connectivity index (χ0) is 10.6. The van der Waals surface area contributed by atoms with Crippen LogP contribution in [0.3, 0.4) is 0 Å². The summed E-state index contributed by atoms with van der Waals surface area (Å²) in [6.45, 7) is 0.368. The SMILES string of the molecule is COC(=O)c1ccc(F)cc1CCN.Cl. The number of rotatable bonds is 3. The molecule has 0 aliphatic rings. The molecule has 0 fully saturated rings. The highest BCUT2D eigenvalue weighted by molar-refractivity contribution is 5.91. The lowest BCUT2D eigenvalue weighted by atomic mass is 10.0. The lowest BCUT2D eigenvalue weighted by molar-refractivity contribution is 0.0599. The van der Waals surface area contributed by atoms with Crippen molar-refractivity contribution in [3.8, 4) is 0 Å². The van der Waals surface area contributed by atoms with E-state index in [-0.39, 0.29) is 18.2 Å². The number of benzene rings is 1. The molecule has 0 unspecified atom stereocenters.